The summed E-state index contributed by atoms with van der Waals surface area (Å²) in [4.78, 5) is 28.4. The van der Waals surface area contributed by atoms with E-state index in [0.717, 1.165) is 5.56 Å². The van der Waals surface area contributed by atoms with Crippen molar-refractivity contribution in [2.24, 2.45) is 0 Å². The number of ether oxygens (including phenoxy) is 2. The molecule has 2 amide bonds. The minimum atomic E-state index is -0.406. The van der Waals surface area contributed by atoms with Gasteiger partial charge in [-0.1, -0.05) is 35.3 Å². The first-order valence-electron chi connectivity index (χ1n) is 9.79. The maximum Gasteiger partial charge on any atom is 0.262 e. The minimum Gasteiger partial charge on any atom is -0.490 e. The summed E-state index contributed by atoms with van der Waals surface area (Å²) in [6.07, 6.45) is 1.60. The van der Waals surface area contributed by atoms with Crippen LogP contribution in [0, 0.1) is 0 Å². The molecule has 3 aromatic rings. The molecule has 0 radical (unpaired) electrons. The monoisotopic (exact) mass is 475 g/mol. The largest absolute Gasteiger partial charge is 0.490 e. The quantitative estimate of drug-likeness (QED) is 0.535. The number of carbonyl (C=O) groups excluding carboxylic acids is 2. The molecule has 11 heteroatoms. The van der Waals surface area contributed by atoms with Crippen LogP contribution in [-0.4, -0.2) is 39.8 Å². The maximum atomic E-state index is 12.3. The van der Waals surface area contributed by atoms with Crippen molar-refractivity contribution in [3.63, 3.8) is 0 Å². The van der Waals surface area contributed by atoms with Crippen molar-refractivity contribution in [1.29, 1.82) is 0 Å². The zero-order valence-electron chi connectivity index (χ0n) is 17.0. The molecule has 0 fully saturated rings. The number of nitrogens with zero attached hydrogens (tertiary/aromatic N) is 3. The molecule has 0 unspecified atom stereocenters. The van der Waals surface area contributed by atoms with Crippen LogP contribution in [0.2, 0.25) is 10.0 Å². The summed E-state index contributed by atoms with van der Waals surface area (Å²) in [6.45, 7) is 1.97. The van der Waals surface area contributed by atoms with E-state index in [1.807, 2.05) is 6.92 Å². The van der Waals surface area contributed by atoms with Gasteiger partial charge in [0.05, 0.1) is 34.8 Å². The molecule has 1 aliphatic heterocycles. The van der Waals surface area contributed by atoms with E-state index < -0.39 is 5.91 Å². The number of rotatable bonds is 7. The van der Waals surface area contributed by atoms with Crippen LogP contribution in [0.4, 0.5) is 11.6 Å². The Morgan fingerprint density at radius 2 is 2.09 bits per heavy atom. The molecule has 32 heavy (non-hydrogen) atoms. The molecule has 0 spiro atoms. The molecule has 0 bridgehead atoms. The lowest BCUT2D eigenvalue weighted by atomic mass is 10.0. The zero-order valence-corrected chi connectivity index (χ0v) is 18.5. The molecule has 4 rings (SSSR count). The third kappa shape index (κ3) is 4.63. The summed E-state index contributed by atoms with van der Waals surface area (Å²) in [6, 6.07) is 9.90. The van der Waals surface area contributed by atoms with Gasteiger partial charge in [0, 0.05) is 0 Å². The number of carbonyl (C=O) groups is 2. The predicted molar refractivity (Wildman–Crippen MR) is 120 cm³/mol. The first-order valence-corrected chi connectivity index (χ1v) is 10.5. The average molecular weight is 476 g/mol. The second-order valence-corrected chi connectivity index (χ2v) is 7.66. The number of hydrogen-bond acceptors (Lipinski definition) is 6. The van der Waals surface area contributed by atoms with Gasteiger partial charge in [-0.05, 0) is 36.8 Å². The molecule has 0 saturated heterocycles. The molecule has 2 aromatic carbocycles. The van der Waals surface area contributed by atoms with Crippen molar-refractivity contribution < 1.29 is 19.1 Å². The van der Waals surface area contributed by atoms with Gasteiger partial charge in [-0.25, -0.2) is 4.68 Å². The van der Waals surface area contributed by atoms with Gasteiger partial charge in [0.1, 0.15) is 6.33 Å². The Hall–Kier alpha value is -3.30. The van der Waals surface area contributed by atoms with E-state index in [4.69, 9.17) is 32.7 Å². The summed E-state index contributed by atoms with van der Waals surface area (Å²) >= 11 is 12.1. The van der Waals surface area contributed by atoms with E-state index in [1.54, 1.807) is 41.1 Å². The smallest absolute Gasteiger partial charge is 0.262 e. The molecule has 1 atom stereocenters. The fourth-order valence-corrected chi connectivity index (χ4v) is 3.66. The molecule has 2 heterocycles. The van der Waals surface area contributed by atoms with Gasteiger partial charge in [-0.2, -0.15) is 10.1 Å². The second-order valence-electron chi connectivity index (χ2n) is 6.87. The van der Waals surface area contributed by atoms with Gasteiger partial charge >= 0.3 is 0 Å². The van der Waals surface area contributed by atoms with E-state index in [0.29, 0.717) is 34.8 Å². The Labute approximate surface area is 193 Å². The van der Waals surface area contributed by atoms with Crippen molar-refractivity contribution in [3.8, 4) is 11.5 Å². The number of amides is 2. The highest BCUT2D eigenvalue weighted by Crippen LogP contribution is 2.35. The Morgan fingerprint density at radius 3 is 2.91 bits per heavy atom. The van der Waals surface area contributed by atoms with E-state index in [2.05, 4.69) is 20.7 Å². The lowest BCUT2D eigenvalue weighted by Gasteiger charge is -2.24. The van der Waals surface area contributed by atoms with Crippen molar-refractivity contribution >= 4 is 46.7 Å². The predicted octanol–water partition coefficient (Wildman–Crippen LogP) is 3.93. The summed E-state index contributed by atoms with van der Waals surface area (Å²) in [5, 5.41) is 10.1. The van der Waals surface area contributed by atoms with Crippen LogP contribution in [0.1, 0.15) is 24.9 Å². The van der Waals surface area contributed by atoms with Crippen LogP contribution in [0.15, 0.2) is 42.7 Å². The highest BCUT2D eigenvalue weighted by molar-refractivity contribution is 6.44. The first kappa shape index (κ1) is 21.9. The second kappa shape index (κ2) is 9.46. The highest BCUT2D eigenvalue weighted by Gasteiger charge is 2.28. The lowest BCUT2D eigenvalue weighted by Crippen LogP contribution is -2.29. The van der Waals surface area contributed by atoms with Gasteiger partial charge in [0.25, 0.3) is 5.91 Å². The SMILES string of the molecule is CCOc1cc([C@@H]2CC(=O)Nc3ncnn32)ccc1OCC(=O)Nc1cccc(Cl)c1Cl. The number of hydrogen-bond donors (Lipinski definition) is 2. The van der Waals surface area contributed by atoms with Crippen LogP contribution in [0.5, 0.6) is 11.5 Å². The van der Waals surface area contributed by atoms with Crippen molar-refractivity contribution in [3.05, 3.63) is 58.3 Å². The number of nitrogens with one attached hydrogen (secondary N) is 2. The summed E-state index contributed by atoms with van der Waals surface area (Å²) in [5.74, 6) is 0.677. The van der Waals surface area contributed by atoms with Crippen molar-refractivity contribution in [2.45, 2.75) is 19.4 Å². The highest BCUT2D eigenvalue weighted by atomic mass is 35.5. The Bertz CT molecular complexity index is 1170. The third-order valence-electron chi connectivity index (χ3n) is 4.74. The Balaban J connectivity index is 1.50. The Morgan fingerprint density at radius 1 is 1.25 bits per heavy atom. The van der Waals surface area contributed by atoms with Crippen LogP contribution in [-0.2, 0) is 9.59 Å². The Kier molecular flexibility index (Phi) is 6.48. The minimum absolute atomic E-state index is 0.148. The van der Waals surface area contributed by atoms with E-state index >= 15 is 0 Å². The zero-order chi connectivity index (χ0) is 22.7. The van der Waals surface area contributed by atoms with Crippen LogP contribution in [0.25, 0.3) is 0 Å². The van der Waals surface area contributed by atoms with Crippen molar-refractivity contribution in [2.75, 3.05) is 23.8 Å². The first-order chi connectivity index (χ1) is 15.5. The van der Waals surface area contributed by atoms with Crippen molar-refractivity contribution in [1.82, 2.24) is 14.8 Å². The van der Waals surface area contributed by atoms with Gasteiger partial charge in [-0.3, -0.25) is 14.9 Å². The van der Waals surface area contributed by atoms with Crippen LogP contribution in [0.3, 0.4) is 0 Å². The molecule has 0 aliphatic carbocycles. The fourth-order valence-electron chi connectivity index (χ4n) is 3.31. The molecular formula is C21H19Cl2N5O4. The van der Waals surface area contributed by atoms with Gasteiger partial charge < -0.3 is 14.8 Å². The van der Waals surface area contributed by atoms with E-state index in [1.165, 1.54) is 6.33 Å². The summed E-state index contributed by atoms with van der Waals surface area (Å²) < 4.78 is 13.0. The molecule has 0 saturated carbocycles. The van der Waals surface area contributed by atoms with E-state index in [-0.39, 0.29) is 30.0 Å². The fraction of sp³-hybridized carbons (Fsp3) is 0.238. The third-order valence-corrected chi connectivity index (χ3v) is 5.55. The number of benzene rings is 2. The van der Waals surface area contributed by atoms with Crippen LogP contribution < -0.4 is 20.1 Å². The molecule has 2 N–H and O–H groups in total. The van der Waals surface area contributed by atoms with E-state index in [9.17, 15) is 9.59 Å². The average Bonchev–Trinajstić information content (AvgIpc) is 3.24. The standard InChI is InChI=1S/C21H19Cl2N5O4/c1-2-31-17-8-12(15-9-18(29)27-21-24-11-25-28(15)21)6-7-16(17)32-10-19(30)26-14-5-3-4-13(22)20(14)23/h3-8,11,15H,2,9-10H2,1H3,(H,26,30)(H,24,25,27,29)/t15-/m0/s1. The number of anilines is 2. The summed E-state index contributed by atoms with van der Waals surface area (Å²) in [7, 11) is 0. The normalized spacial score (nSPS) is 15.0. The number of halogens is 2. The summed E-state index contributed by atoms with van der Waals surface area (Å²) in [5.41, 5.74) is 1.20. The van der Waals surface area contributed by atoms with Gasteiger partial charge in [0.2, 0.25) is 11.9 Å². The lowest BCUT2D eigenvalue weighted by molar-refractivity contribution is -0.118. The molecule has 166 valence electrons. The number of fused-ring (bicyclic) bond motifs is 1. The van der Waals surface area contributed by atoms with Gasteiger partial charge in [-0.15, -0.1) is 0 Å². The topological polar surface area (TPSA) is 107 Å². The molecular weight excluding hydrogens is 457 g/mol. The molecule has 1 aliphatic rings. The molecule has 1 aromatic heterocycles. The molecule has 9 nitrogen and oxygen atoms in total. The number of aromatic nitrogens is 3. The van der Waals surface area contributed by atoms with Crippen LogP contribution >= 0.6 is 23.2 Å². The maximum absolute atomic E-state index is 12.3. The van der Waals surface area contributed by atoms with Gasteiger partial charge in [0.15, 0.2) is 18.1 Å².